The maximum absolute atomic E-state index is 12.5. The minimum atomic E-state index is 0.0464. The summed E-state index contributed by atoms with van der Waals surface area (Å²) in [5, 5.41) is 0. The van der Waals surface area contributed by atoms with Crippen molar-refractivity contribution in [2.75, 3.05) is 14.2 Å². The highest BCUT2D eigenvalue weighted by Crippen LogP contribution is 2.50. The number of hydrogen-bond donors (Lipinski definition) is 0. The van der Waals surface area contributed by atoms with E-state index in [-0.39, 0.29) is 11.9 Å². The lowest BCUT2D eigenvalue weighted by atomic mass is 9.63. The molecule has 23 heavy (non-hydrogen) atoms. The van der Waals surface area contributed by atoms with Crippen molar-refractivity contribution in [1.82, 2.24) is 4.90 Å². The molecule has 0 N–H and O–H groups in total. The normalized spacial score (nSPS) is 41.8. The summed E-state index contributed by atoms with van der Waals surface area (Å²) in [6.45, 7) is 7.14. The molecule has 0 aromatic rings. The number of methoxy groups -OCH3 is 1. The number of nitrogens with zero attached hydrogens (tertiary/aromatic N) is 1. The second kappa shape index (κ2) is 6.38. The molecular formula is C20H35NO2. The lowest BCUT2D eigenvalue weighted by molar-refractivity contribution is -0.154. The summed E-state index contributed by atoms with van der Waals surface area (Å²) < 4.78 is 5.22. The fourth-order valence-electron chi connectivity index (χ4n) is 5.87. The van der Waals surface area contributed by atoms with Gasteiger partial charge >= 0.3 is 5.97 Å². The largest absolute Gasteiger partial charge is 0.469 e. The van der Waals surface area contributed by atoms with Crippen molar-refractivity contribution in [3.05, 3.63) is 0 Å². The van der Waals surface area contributed by atoms with Crippen LogP contribution in [0.2, 0.25) is 0 Å². The van der Waals surface area contributed by atoms with Crippen molar-refractivity contribution in [3.8, 4) is 0 Å². The third-order valence-electron chi connectivity index (χ3n) is 7.39. The number of carbonyl (C=O) groups excluding carboxylic acids is 1. The van der Waals surface area contributed by atoms with Crippen LogP contribution in [0.5, 0.6) is 0 Å². The summed E-state index contributed by atoms with van der Waals surface area (Å²) in [6, 6.07) is 1.12. The fourth-order valence-corrected chi connectivity index (χ4v) is 5.87. The van der Waals surface area contributed by atoms with Crippen LogP contribution in [-0.4, -0.2) is 37.1 Å². The average molecular weight is 322 g/mol. The number of hydrogen-bond acceptors (Lipinski definition) is 3. The summed E-state index contributed by atoms with van der Waals surface area (Å²) in [5.74, 6) is 2.29. The van der Waals surface area contributed by atoms with Crippen LogP contribution in [0.3, 0.4) is 0 Å². The Morgan fingerprint density at radius 2 is 1.70 bits per heavy atom. The third kappa shape index (κ3) is 3.18. The highest BCUT2D eigenvalue weighted by atomic mass is 16.5. The Morgan fingerprint density at radius 3 is 2.26 bits per heavy atom. The third-order valence-corrected chi connectivity index (χ3v) is 7.39. The fraction of sp³-hybridized carbons (Fsp3) is 0.950. The van der Waals surface area contributed by atoms with Gasteiger partial charge in [-0.3, -0.25) is 9.69 Å². The van der Waals surface area contributed by atoms with E-state index in [9.17, 15) is 4.79 Å². The van der Waals surface area contributed by atoms with E-state index in [2.05, 4.69) is 32.7 Å². The van der Waals surface area contributed by atoms with Crippen molar-refractivity contribution < 1.29 is 9.53 Å². The van der Waals surface area contributed by atoms with Gasteiger partial charge in [0, 0.05) is 12.1 Å². The van der Waals surface area contributed by atoms with Crippen LogP contribution >= 0.6 is 0 Å². The second-order valence-electron chi connectivity index (χ2n) is 9.39. The molecule has 1 saturated carbocycles. The summed E-state index contributed by atoms with van der Waals surface area (Å²) in [5.41, 5.74) is 0.429. The molecule has 1 aliphatic carbocycles. The van der Waals surface area contributed by atoms with E-state index in [0.717, 1.165) is 11.8 Å². The van der Waals surface area contributed by atoms with Crippen LogP contribution < -0.4 is 0 Å². The van der Waals surface area contributed by atoms with Gasteiger partial charge in [-0.25, -0.2) is 0 Å². The standard InChI is InChI=1S/C20H35NO2/c1-20(2,3)14-8-6-13(7-9-14)16-12-15-10-11-17(21(15)4)18(16)19(22)23-5/h13-18H,6-12H2,1-5H3/t13?,14?,15-,16-,17?,18+/m1/s1. The SMILES string of the molecule is COC(=O)[C@@H]1C2CC[C@H](C[C@@H]1C1CCC(C(C)(C)C)CC1)N2C. The van der Waals surface area contributed by atoms with Gasteiger partial charge < -0.3 is 4.74 Å². The monoisotopic (exact) mass is 321 g/mol. The van der Waals surface area contributed by atoms with E-state index in [1.807, 2.05) is 0 Å². The lowest BCUT2D eigenvalue weighted by Gasteiger charge is -2.47. The Bertz CT molecular complexity index is 433. The molecule has 2 bridgehead atoms. The average Bonchev–Trinajstić information content (AvgIpc) is 2.75. The van der Waals surface area contributed by atoms with E-state index >= 15 is 0 Å². The number of piperidine rings is 1. The molecule has 0 spiro atoms. The second-order valence-corrected chi connectivity index (χ2v) is 9.39. The molecule has 1 unspecified atom stereocenters. The number of ether oxygens (including phenoxy) is 1. The zero-order chi connectivity index (χ0) is 16.8. The predicted molar refractivity (Wildman–Crippen MR) is 93.1 cm³/mol. The Hall–Kier alpha value is -0.570. The van der Waals surface area contributed by atoms with Gasteiger partial charge in [0.05, 0.1) is 13.0 Å². The van der Waals surface area contributed by atoms with Crippen molar-refractivity contribution in [2.45, 2.75) is 77.8 Å². The number of esters is 1. The van der Waals surface area contributed by atoms with Crippen molar-refractivity contribution >= 4 is 5.97 Å². The number of carbonyl (C=O) groups is 1. The summed E-state index contributed by atoms with van der Waals surface area (Å²) in [6.07, 6.45) is 8.94. The van der Waals surface area contributed by atoms with Gasteiger partial charge in [0.15, 0.2) is 0 Å². The van der Waals surface area contributed by atoms with Crippen LogP contribution in [0.4, 0.5) is 0 Å². The Balaban J connectivity index is 1.72. The maximum atomic E-state index is 12.5. The van der Waals surface area contributed by atoms with Gasteiger partial charge in [-0.2, -0.15) is 0 Å². The van der Waals surface area contributed by atoms with Crippen molar-refractivity contribution in [1.29, 1.82) is 0 Å². The molecule has 0 aromatic heterocycles. The molecule has 2 saturated heterocycles. The van der Waals surface area contributed by atoms with E-state index < -0.39 is 0 Å². The van der Waals surface area contributed by atoms with Gasteiger partial charge in [-0.05, 0) is 75.2 Å². The Labute approximate surface area is 142 Å². The van der Waals surface area contributed by atoms with E-state index in [1.165, 1.54) is 44.9 Å². The van der Waals surface area contributed by atoms with Crippen molar-refractivity contribution in [2.24, 2.45) is 29.1 Å². The van der Waals surface area contributed by atoms with Gasteiger partial charge in [0.25, 0.3) is 0 Å². The van der Waals surface area contributed by atoms with Crippen LogP contribution in [0, 0.1) is 29.1 Å². The molecule has 2 heterocycles. The molecule has 3 heteroatoms. The first kappa shape index (κ1) is 17.3. The maximum Gasteiger partial charge on any atom is 0.310 e. The minimum Gasteiger partial charge on any atom is -0.469 e. The lowest BCUT2D eigenvalue weighted by Crippen LogP contribution is -2.52. The van der Waals surface area contributed by atoms with Gasteiger partial charge in [-0.1, -0.05) is 20.8 Å². The number of rotatable bonds is 2. The molecule has 3 nitrogen and oxygen atoms in total. The minimum absolute atomic E-state index is 0.0464. The zero-order valence-electron chi connectivity index (χ0n) is 15.7. The zero-order valence-corrected chi connectivity index (χ0v) is 15.7. The molecule has 3 aliphatic rings. The molecule has 4 atom stereocenters. The predicted octanol–water partition coefficient (Wildman–Crippen LogP) is 4.11. The van der Waals surface area contributed by atoms with Crippen LogP contribution in [-0.2, 0) is 9.53 Å². The van der Waals surface area contributed by atoms with Crippen LogP contribution in [0.15, 0.2) is 0 Å². The molecule has 0 aromatic carbocycles. The first-order chi connectivity index (χ1) is 10.8. The van der Waals surface area contributed by atoms with E-state index in [1.54, 1.807) is 7.11 Å². The molecular weight excluding hydrogens is 286 g/mol. The molecule has 3 fully saturated rings. The van der Waals surface area contributed by atoms with Crippen LogP contribution in [0.25, 0.3) is 0 Å². The summed E-state index contributed by atoms with van der Waals surface area (Å²) >= 11 is 0. The topological polar surface area (TPSA) is 29.5 Å². The summed E-state index contributed by atoms with van der Waals surface area (Å²) in [4.78, 5) is 15.0. The van der Waals surface area contributed by atoms with Crippen molar-refractivity contribution in [3.63, 3.8) is 0 Å². The highest BCUT2D eigenvalue weighted by Gasteiger charge is 2.51. The Morgan fingerprint density at radius 1 is 1.04 bits per heavy atom. The molecule has 0 radical (unpaired) electrons. The van der Waals surface area contributed by atoms with E-state index in [0.29, 0.717) is 23.4 Å². The summed E-state index contributed by atoms with van der Waals surface area (Å²) in [7, 11) is 3.78. The van der Waals surface area contributed by atoms with Gasteiger partial charge in [-0.15, -0.1) is 0 Å². The highest BCUT2D eigenvalue weighted by molar-refractivity contribution is 5.74. The Kier molecular flexibility index (Phi) is 4.79. The smallest absolute Gasteiger partial charge is 0.310 e. The molecule has 0 amide bonds. The molecule has 132 valence electrons. The molecule has 2 aliphatic heterocycles. The van der Waals surface area contributed by atoms with E-state index in [4.69, 9.17) is 4.74 Å². The first-order valence-electron chi connectivity index (χ1n) is 9.62. The van der Waals surface area contributed by atoms with Crippen LogP contribution in [0.1, 0.15) is 65.7 Å². The molecule has 3 rings (SSSR count). The quantitative estimate of drug-likeness (QED) is 0.717. The number of fused-ring (bicyclic) bond motifs is 2. The van der Waals surface area contributed by atoms with Gasteiger partial charge in [0.1, 0.15) is 0 Å². The first-order valence-corrected chi connectivity index (χ1v) is 9.62. The van der Waals surface area contributed by atoms with Gasteiger partial charge in [0.2, 0.25) is 0 Å².